The number of benzene rings is 1. The highest BCUT2D eigenvalue weighted by Crippen LogP contribution is 2.34. The van der Waals surface area contributed by atoms with Gasteiger partial charge in [-0.2, -0.15) is 5.11 Å². The van der Waals surface area contributed by atoms with Crippen LogP contribution in [0.5, 0.6) is 5.75 Å². The van der Waals surface area contributed by atoms with Gasteiger partial charge in [-0.15, -0.1) is 5.11 Å². The zero-order valence-corrected chi connectivity index (χ0v) is 13.5. The highest BCUT2D eigenvalue weighted by atomic mass is 16.5. The number of pyridine rings is 1. The molecule has 0 fully saturated rings. The normalized spacial score (nSPS) is 10.5. The van der Waals surface area contributed by atoms with E-state index < -0.39 is 0 Å². The summed E-state index contributed by atoms with van der Waals surface area (Å²) in [7, 11) is 1.44. The summed E-state index contributed by atoms with van der Waals surface area (Å²) in [6.07, 6.45) is 0. The molecule has 24 heavy (non-hydrogen) atoms. The Morgan fingerprint density at radius 2 is 1.62 bits per heavy atom. The predicted octanol–water partition coefficient (Wildman–Crippen LogP) is 3.42. The number of ether oxygens (including phenoxy) is 1. The van der Waals surface area contributed by atoms with Crippen LogP contribution in [0.3, 0.4) is 0 Å². The third-order valence-electron chi connectivity index (χ3n) is 2.81. The summed E-state index contributed by atoms with van der Waals surface area (Å²) >= 11 is 0. The van der Waals surface area contributed by atoms with Crippen molar-refractivity contribution in [3.8, 4) is 5.75 Å². The van der Waals surface area contributed by atoms with Crippen molar-refractivity contribution in [2.45, 2.75) is 13.8 Å². The van der Waals surface area contributed by atoms with E-state index in [0.717, 1.165) is 0 Å². The van der Waals surface area contributed by atoms with Gasteiger partial charge >= 0.3 is 0 Å². The molecule has 0 aliphatic heterocycles. The standard InChI is InChI=1S/C16H17N5O3/c1-10(22)17-15-13(21-20-12-7-5-4-6-8-12)9-14(24-3)16(19-15)18-11(2)23/h4-9H,1-3H3,(H2,17,18,19,22,23)/b21-20+. The summed E-state index contributed by atoms with van der Waals surface area (Å²) in [5.41, 5.74) is 0.955. The number of hydrogen-bond acceptors (Lipinski definition) is 6. The van der Waals surface area contributed by atoms with E-state index in [4.69, 9.17) is 4.74 Å². The van der Waals surface area contributed by atoms with Gasteiger partial charge in [-0.1, -0.05) is 18.2 Å². The number of carbonyl (C=O) groups excluding carboxylic acids is 2. The zero-order valence-electron chi connectivity index (χ0n) is 13.5. The first kappa shape index (κ1) is 17.1. The van der Waals surface area contributed by atoms with Gasteiger partial charge in [0.15, 0.2) is 17.4 Å². The molecule has 0 atom stereocenters. The first-order valence-corrected chi connectivity index (χ1v) is 7.10. The number of azo groups is 1. The molecule has 8 nitrogen and oxygen atoms in total. The predicted molar refractivity (Wildman–Crippen MR) is 90.0 cm³/mol. The number of amides is 2. The minimum atomic E-state index is -0.322. The molecule has 1 aromatic heterocycles. The third-order valence-corrected chi connectivity index (χ3v) is 2.81. The van der Waals surface area contributed by atoms with Crippen molar-refractivity contribution in [2.24, 2.45) is 10.2 Å². The van der Waals surface area contributed by atoms with Crippen molar-refractivity contribution in [3.63, 3.8) is 0 Å². The summed E-state index contributed by atoms with van der Waals surface area (Å²) in [4.78, 5) is 26.9. The highest BCUT2D eigenvalue weighted by molar-refractivity contribution is 5.93. The molecule has 0 bridgehead atoms. The molecule has 1 aromatic carbocycles. The fourth-order valence-corrected chi connectivity index (χ4v) is 1.84. The van der Waals surface area contributed by atoms with Crippen LogP contribution in [0.4, 0.5) is 23.0 Å². The fraction of sp³-hybridized carbons (Fsp3) is 0.188. The van der Waals surface area contributed by atoms with Crippen molar-refractivity contribution >= 4 is 34.8 Å². The van der Waals surface area contributed by atoms with E-state index in [-0.39, 0.29) is 23.5 Å². The number of nitrogens with one attached hydrogen (secondary N) is 2. The summed E-state index contributed by atoms with van der Waals surface area (Å²) in [5, 5.41) is 13.3. The Bertz CT molecular complexity index is 775. The second kappa shape index (κ2) is 7.82. The van der Waals surface area contributed by atoms with E-state index in [0.29, 0.717) is 17.1 Å². The molecule has 0 saturated carbocycles. The lowest BCUT2D eigenvalue weighted by Gasteiger charge is -2.12. The molecule has 0 spiro atoms. The molecular formula is C16H17N5O3. The van der Waals surface area contributed by atoms with E-state index in [1.54, 1.807) is 12.1 Å². The Kier molecular flexibility index (Phi) is 5.56. The maximum absolute atomic E-state index is 11.4. The van der Waals surface area contributed by atoms with Crippen LogP contribution in [0.25, 0.3) is 0 Å². The van der Waals surface area contributed by atoms with Crippen LogP contribution in [-0.2, 0) is 9.59 Å². The molecule has 2 rings (SSSR count). The number of aromatic nitrogens is 1. The quantitative estimate of drug-likeness (QED) is 0.821. The number of rotatable bonds is 5. The van der Waals surface area contributed by atoms with Crippen LogP contribution in [0.2, 0.25) is 0 Å². The molecule has 0 radical (unpaired) electrons. The summed E-state index contributed by atoms with van der Waals surface area (Å²) in [6, 6.07) is 10.7. The fourth-order valence-electron chi connectivity index (χ4n) is 1.84. The Labute approximate surface area is 139 Å². The SMILES string of the molecule is COc1cc(/N=N/c2ccccc2)c(NC(C)=O)nc1NC(C)=O. The maximum Gasteiger partial charge on any atom is 0.222 e. The number of methoxy groups -OCH3 is 1. The highest BCUT2D eigenvalue weighted by Gasteiger charge is 2.14. The summed E-state index contributed by atoms with van der Waals surface area (Å²) in [6.45, 7) is 2.70. The van der Waals surface area contributed by atoms with Crippen molar-refractivity contribution in [1.82, 2.24) is 4.98 Å². The molecule has 0 aliphatic rings. The van der Waals surface area contributed by atoms with Gasteiger partial charge in [0.1, 0.15) is 5.69 Å². The summed E-state index contributed by atoms with van der Waals surface area (Å²) < 4.78 is 5.21. The Hall–Kier alpha value is -3.29. The smallest absolute Gasteiger partial charge is 0.222 e. The molecule has 0 aliphatic carbocycles. The van der Waals surface area contributed by atoms with Crippen molar-refractivity contribution in [1.29, 1.82) is 0 Å². The number of carbonyl (C=O) groups is 2. The first-order valence-electron chi connectivity index (χ1n) is 7.10. The molecule has 2 N–H and O–H groups in total. The monoisotopic (exact) mass is 327 g/mol. The van der Waals surface area contributed by atoms with Gasteiger partial charge in [0, 0.05) is 19.9 Å². The Morgan fingerprint density at radius 1 is 1.00 bits per heavy atom. The average Bonchev–Trinajstić information content (AvgIpc) is 2.54. The molecule has 0 saturated heterocycles. The second-order valence-electron chi connectivity index (χ2n) is 4.80. The lowest BCUT2D eigenvalue weighted by molar-refractivity contribution is -0.115. The molecule has 8 heteroatoms. The second-order valence-corrected chi connectivity index (χ2v) is 4.80. The van der Waals surface area contributed by atoms with Crippen LogP contribution in [0.1, 0.15) is 13.8 Å². The molecule has 0 unspecified atom stereocenters. The molecule has 1 heterocycles. The Morgan fingerprint density at radius 3 is 2.21 bits per heavy atom. The maximum atomic E-state index is 11.4. The van der Waals surface area contributed by atoms with Gasteiger partial charge < -0.3 is 15.4 Å². The number of nitrogens with zero attached hydrogens (tertiary/aromatic N) is 3. The van der Waals surface area contributed by atoms with Gasteiger partial charge in [-0.3, -0.25) is 9.59 Å². The molecule has 2 amide bonds. The summed E-state index contributed by atoms with van der Waals surface area (Å²) in [5.74, 6) is 0.0336. The van der Waals surface area contributed by atoms with Crippen LogP contribution >= 0.6 is 0 Å². The van der Waals surface area contributed by atoms with Gasteiger partial charge in [-0.25, -0.2) is 4.98 Å². The lowest BCUT2D eigenvalue weighted by Crippen LogP contribution is -2.12. The average molecular weight is 327 g/mol. The van der Waals surface area contributed by atoms with E-state index in [9.17, 15) is 9.59 Å². The van der Waals surface area contributed by atoms with Gasteiger partial charge in [-0.05, 0) is 12.1 Å². The molecule has 124 valence electrons. The zero-order chi connectivity index (χ0) is 17.5. The molecular weight excluding hydrogens is 310 g/mol. The van der Waals surface area contributed by atoms with Gasteiger partial charge in [0.2, 0.25) is 11.8 Å². The Balaban J connectivity index is 2.45. The van der Waals surface area contributed by atoms with E-state index >= 15 is 0 Å². The minimum absolute atomic E-state index is 0.173. The van der Waals surface area contributed by atoms with Crippen molar-refractivity contribution < 1.29 is 14.3 Å². The van der Waals surface area contributed by atoms with Crippen molar-refractivity contribution in [3.05, 3.63) is 36.4 Å². The third kappa shape index (κ3) is 4.60. The van der Waals surface area contributed by atoms with Gasteiger partial charge in [0.25, 0.3) is 0 Å². The number of hydrogen-bond donors (Lipinski definition) is 2. The van der Waals surface area contributed by atoms with E-state index in [1.165, 1.54) is 27.0 Å². The van der Waals surface area contributed by atoms with Crippen LogP contribution in [-0.4, -0.2) is 23.9 Å². The largest absolute Gasteiger partial charge is 0.493 e. The number of anilines is 2. The van der Waals surface area contributed by atoms with E-state index in [1.807, 2.05) is 18.2 Å². The van der Waals surface area contributed by atoms with E-state index in [2.05, 4.69) is 25.8 Å². The lowest BCUT2D eigenvalue weighted by atomic mass is 10.3. The molecule has 2 aromatic rings. The van der Waals surface area contributed by atoms with Crippen molar-refractivity contribution in [2.75, 3.05) is 17.7 Å². The van der Waals surface area contributed by atoms with Crippen LogP contribution in [0, 0.1) is 0 Å². The van der Waals surface area contributed by atoms with Crippen LogP contribution in [0.15, 0.2) is 46.6 Å². The first-order chi connectivity index (χ1) is 11.5. The van der Waals surface area contributed by atoms with Gasteiger partial charge in [0.05, 0.1) is 12.8 Å². The van der Waals surface area contributed by atoms with Crippen LogP contribution < -0.4 is 15.4 Å². The minimum Gasteiger partial charge on any atom is -0.493 e. The topological polar surface area (TPSA) is 105 Å².